The number of carbonyl (C=O) groups is 1. The first kappa shape index (κ1) is 13.5. The van der Waals surface area contributed by atoms with Crippen LogP contribution in [-0.4, -0.2) is 23.9 Å². The summed E-state index contributed by atoms with van der Waals surface area (Å²) >= 11 is 0. The highest BCUT2D eigenvalue weighted by Crippen LogP contribution is 2.46. The van der Waals surface area contributed by atoms with E-state index in [9.17, 15) is 4.79 Å². The number of carbonyl (C=O) groups excluding carboxylic acids is 1. The molecule has 20 heavy (non-hydrogen) atoms. The van der Waals surface area contributed by atoms with Crippen LogP contribution in [0.25, 0.3) is 0 Å². The van der Waals surface area contributed by atoms with Crippen molar-refractivity contribution in [2.75, 3.05) is 18.8 Å². The lowest BCUT2D eigenvalue weighted by Gasteiger charge is -2.39. The Morgan fingerprint density at radius 2 is 1.80 bits per heavy atom. The number of likely N-dealkylation sites (tertiary alicyclic amines) is 1. The Bertz CT molecular complexity index is 487. The van der Waals surface area contributed by atoms with Gasteiger partial charge in [0.05, 0.1) is 5.56 Å². The molecule has 0 unspecified atom stereocenters. The van der Waals surface area contributed by atoms with Crippen LogP contribution < -0.4 is 5.73 Å². The molecule has 3 nitrogen and oxygen atoms in total. The van der Waals surface area contributed by atoms with E-state index in [0.29, 0.717) is 16.7 Å². The smallest absolute Gasteiger partial charge is 0.256 e. The molecule has 1 amide bonds. The highest BCUT2D eigenvalue weighted by atomic mass is 16.2. The van der Waals surface area contributed by atoms with Gasteiger partial charge in [-0.05, 0) is 49.7 Å². The second-order valence-electron chi connectivity index (χ2n) is 6.54. The van der Waals surface area contributed by atoms with Gasteiger partial charge in [0.25, 0.3) is 5.91 Å². The van der Waals surface area contributed by atoms with Crippen molar-refractivity contribution >= 4 is 11.6 Å². The molecule has 0 bridgehead atoms. The van der Waals surface area contributed by atoms with Crippen molar-refractivity contribution in [3.8, 4) is 0 Å². The SMILES string of the molecule is Cc1cccc(N)c1C(=O)N1CCC2(CCCC2)CC1. The molecule has 1 heterocycles. The number of benzene rings is 1. The average molecular weight is 272 g/mol. The minimum Gasteiger partial charge on any atom is -0.398 e. The lowest BCUT2D eigenvalue weighted by molar-refractivity contribution is 0.0588. The topological polar surface area (TPSA) is 46.3 Å². The standard InChI is InChI=1S/C17H24N2O/c1-13-5-4-6-14(18)15(13)16(20)19-11-9-17(10-12-19)7-2-3-8-17/h4-6H,2-3,7-12,18H2,1H3. The van der Waals surface area contributed by atoms with Crippen LogP contribution in [0.5, 0.6) is 0 Å². The van der Waals surface area contributed by atoms with E-state index in [-0.39, 0.29) is 5.91 Å². The number of hydrogen-bond acceptors (Lipinski definition) is 2. The van der Waals surface area contributed by atoms with E-state index in [2.05, 4.69) is 0 Å². The Morgan fingerprint density at radius 3 is 2.40 bits per heavy atom. The van der Waals surface area contributed by atoms with Crippen molar-refractivity contribution in [1.82, 2.24) is 4.90 Å². The third-order valence-corrected chi connectivity index (χ3v) is 5.29. The van der Waals surface area contributed by atoms with E-state index in [0.717, 1.165) is 18.7 Å². The molecule has 0 atom stereocenters. The fourth-order valence-corrected chi connectivity index (χ4v) is 3.95. The van der Waals surface area contributed by atoms with Crippen molar-refractivity contribution in [3.05, 3.63) is 29.3 Å². The lowest BCUT2D eigenvalue weighted by atomic mass is 9.77. The molecule has 1 aromatic carbocycles. The summed E-state index contributed by atoms with van der Waals surface area (Å²) in [6.07, 6.45) is 7.81. The molecule has 1 saturated heterocycles. The van der Waals surface area contributed by atoms with Crippen LogP contribution in [0.15, 0.2) is 18.2 Å². The molecule has 1 aromatic rings. The quantitative estimate of drug-likeness (QED) is 0.797. The van der Waals surface area contributed by atoms with E-state index in [1.54, 1.807) is 0 Å². The minimum atomic E-state index is 0.119. The van der Waals surface area contributed by atoms with E-state index < -0.39 is 0 Å². The molecule has 1 aliphatic carbocycles. The molecule has 2 N–H and O–H groups in total. The minimum absolute atomic E-state index is 0.119. The number of rotatable bonds is 1. The molecule has 108 valence electrons. The highest BCUT2D eigenvalue weighted by Gasteiger charge is 2.38. The van der Waals surface area contributed by atoms with E-state index in [1.165, 1.54) is 38.5 Å². The van der Waals surface area contributed by atoms with Crippen LogP contribution in [0.1, 0.15) is 54.4 Å². The monoisotopic (exact) mass is 272 g/mol. The van der Waals surface area contributed by atoms with Crippen molar-refractivity contribution < 1.29 is 4.79 Å². The van der Waals surface area contributed by atoms with Gasteiger partial charge in [-0.1, -0.05) is 25.0 Å². The van der Waals surface area contributed by atoms with Crippen LogP contribution >= 0.6 is 0 Å². The number of piperidine rings is 1. The van der Waals surface area contributed by atoms with Gasteiger partial charge in [-0.25, -0.2) is 0 Å². The maximum absolute atomic E-state index is 12.7. The molecular formula is C17H24N2O. The average Bonchev–Trinajstić information content (AvgIpc) is 2.87. The van der Waals surface area contributed by atoms with Crippen LogP contribution in [0, 0.1) is 12.3 Å². The number of anilines is 1. The summed E-state index contributed by atoms with van der Waals surface area (Å²) < 4.78 is 0. The number of hydrogen-bond donors (Lipinski definition) is 1. The number of nitrogen functional groups attached to an aromatic ring is 1. The lowest BCUT2D eigenvalue weighted by Crippen LogP contribution is -2.42. The maximum Gasteiger partial charge on any atom is 0.256 e. The van der Waals surface area contributed by atoms with Crippen LogP contribution in [0.3, 0.4) is 0 Å². The van der Waals surface area contributed by atoms with Crippen molar-refractivity contribution in [2.24, 2.45) is 5.41 Å². The van der Waals surface area contributed by atoms with Gasteiger partial charge < -0.3 is 10.6 Å². The zero-order valence-corrected chi connectivity index (χ0v) is 12.3. The summed E-state index contributed by atoms with van der Waals surface area (Å²) in [5.41, 5.74) is 8.84. The summed E-state index contributed by atoms with van der Waals surface area (Å²) in [4.78, 5) is 14.7. The molecule has 0 radical (unpaired) electrons. The van der Waals surface area contributed by atoms with Gasteiger partial charge in [0, 0.05) is 18.8 Å². The Hall–Kier alpha value is -1.51. The van der Waals surface area contributed by atoms with Crippen molar-refractivity contribution in [2.45, 2.75) is 45.4 Å². The van der Waals surface area contributed by atoms with Gasteiger partial charge in [-0.15, -0.1) is 0 Å². The largest absolute Gasteiger partial charge is 0.398 e. The number of nitrogens with zero attached hydrogens (tertiary/aromatic N) is 1. The van der Waals surface area contributed by atoms with Gasteiger partial charge in [-0.2, -0.15) is 0 Å². The molecule has 1 saturated carbocycles. The molecule has 2 aliphatic rings. The predicted octanol–water partition coefficient (Wildman–Crippen LogP) is 3.37. The molecule has 3 heteroatoms. The van der Waals surface area contributed by atoms with E-state index in [4.69, 9.17) is 5.73 Å². The summed E-state index contributed by atoms with van der Waals surface area (Å²) in [7, 11) is 0. The molecular weight excluding hydrogens is 248 g/mol. The maximum atomic E-state index is 12.7. The summed E-state index contributed by atoms with van der Waals surface area (Å²) in [6.45, 7) is 3.76. The van der Waals surface area contributed by atoms with Crippen LogP contribution in [0.2, 0.25) is 0 Å². The Labute approximate surface area is 121 Å². The fraction of sp³-hybridized carbons (Fsp3) is 0.588. The summed E-state index contributed by atoms with van der Waals surface area (Å²) in [5, 5.41) is 0. The van der Waals surface area contributed by atoms with Crippen LogP contribution in [-0.2, 0) is 0 Å². The fourth-order valence-electron chi connectivity index (χ4n) is 3.95. The molecule has 3 rings (SSSR count). The molecule has 2 fully saturated rings. The van der Waals surface area contributed by atoms with Gasteiger partial charge in [0.1, 0.15) is 0 Å². The van der Waals surface area contributed by atoms with Crippen molar-refractivity contribution in [1.29, 1.82) is 0 Å². The number of amides is 1. The van der Waals surface area contributed by atoms with E-state index in [1.807, 2.05) is 30.0 Å². The Kier molecular flexibility index (Phi) is 3.45. The van der Waals surface area contributed by atoms with Gasteiger partial charge in [0.2, 0.25) is 0 Å². The first-order chi connectivity index (χ1) is 9.61. The highest BCUT2D eigenvalue weighted by molar-refractivity contribution is 6.00. The zero-order chi connectivity index (χ0) is 14.2. The predicted molar refractivity (Wildman–Crippen MR) is 81.6 cm³/mol. The normalized spacial score (nSPS) is 21.4. The third kappa shape index (κ3) is 2.30. The number of aryl methyl sites for hydroxylation is 1. The molecule has 0 aromatic heterocycles. The second kappa shape index (κ2) is 5.12. The zero-order valence-electron chi connectivity index (χ0n) is 12.3. The second-order valence-corrected chi connectivity index (χ2v) is 6.54. The first-order valence-electron chi connectivity index (χ1n) is 7.76. The van der Waals surface area contributed by atoms with Gasteiger partial charge >= 0.3 is 0 Å². The first-order valence-corrected chi connectivity index (χ1v) is 7.76. The molecule has 1 spiro atoms. The Morgan fingerprint density at radius 1 is 1.15 bits per heavy atom. The van der Waals surface area contributed by atoms with Crippen molar-refractivity contribution in [3.63, 3.8) is 0 Å². The van der Waals surface area contributed by atoms with E-state index >= 15 is 0 Å². The summed E-state index contributed by atoms with van der Waals surface area (Å²) in [6, 6.07) is 5.69. The number of nitrogens with two attached hydrogens (primary N) is 1. The van der Waals surface area contributed by atoms with Gasteiger partial charge in [-0.3, -0.25) is 4.79 Å². The Balaban J connectivity index is 1.73. The summed E-state index contributed by atoms with van der Waals surface area (Å²) in [5.74, 6) is 0.119. The van der Waals surface area contributed by atoms with Gasteiger partial charge in [0.15, 0.2) is 0 Å². The van der Waals surface area contributed by atoms with Crippen LogP contribution in [0.4, 0.5) is 5.69 Å². The third-order valence-electron chi connectivity index (χ3n) is 5.29. The molecule has 1 aliphatic heterocycles.